The van der Waals surface area contributed by atoms with Gasteiger partial charge >= 0.3 is 13.6 Å². The monoisotopic (exact) mass is 571 g/mol. The van der Waals surface area contributed by atoms with E-state index >= 15 is 0 Å². The number of nitrogens with two attached hydrogens (primary N) is 1. The summed E-state index contributed by atoms with van der Waals surface area (Å²) in [4.78, 5) is 24.3. The van der Waals surface area contributed by atoms with Crippen LogP contribution >= 0.6 is 7.60 Å². The SMILES string of the molecule is CC(C)OC(=O)[C@H](C)/N=C/[P@](=O)(OC[C@H]1O[C@@H](c2cnc3c(N)ncnn23)[C@](C)(C#N)[C@@H]1O)Oc1ccccc1. The molecule has 40 heavy (non-hydrogen) atoms. The van der Waals surface area contributed by atoms with Crippen LogP contribution in [-0.2, 0) is 23.4 Å². The van der Waals surface area contributed by atoms with Gasteiger partial charge in [0.1, 0.15) is 47.8 Å². The highest BCUT2D eigenvalue weighted by atomic mass is 31.2. The number of nitrogens with zero attached hydrogens (tertiary/aromatic N) is 6. The summed E-state index contributed by atoms with van der Waals surface area (Å²) in [5.41, 5.74) is 5.04. The number of hydrogen-bond acceptors (Lipinski definition) is 13. The van der Waals surface area contributed by atoms with Gasteiger partial charge in [0.25, 0.3) is 0 Å². The van der Waals surface area contributed by atoms with E-state index in [4.69, 9.17) is 24.3 Å². The van der Waals surface area contributed by atoms with Crippen molar-refractivity contribution in [3.05, 3.63) is 48.5 Å². The lowest BCUT2D eigenvalue weighted by Gasteiger charge is -2.24. The lowest BCUT2D eigenvalue weighted by atomic mass is 9.80. The Morgan fingerprint density at radius 3 is 2.75 bits per heavy atom. The summed E-state index contributed by atoms with van der Waals surface area (Å²) in [6.07, 6.45) is -1.16. The van der Waals surface area contributed by atoms with Crippen molar-refractivity contribution in [3.8, 4) is 11.8 Å². The smallest absolute Gasteiger partial charge is 0.421 e. The van der Waals surface area contributed by atoms with E-state index in [2.05, 4.69) is 26.1 Å². The first-order valence-electron chi connectivity index (χ1n) is 12.4. The highest BCUT2D eigenvalue weighted by molar-refractivity contribution is 7.70. The molecule has 0 unspecified atom stereocenters. The number of aliphatic hydroxyl groups excluding tert-OH is 1. The Morgan fingerprint density at radius 1 is 1.35 bits per heavy atom. The van der Waals surface area contributed by atoms with Gasteiger partial charge in [0.15, 0.2) is 11.5 Å². The van der Waals surface area contributed by atoms with Gasteiger partial charge in [-0.15, -0.1) is 0 Å². The Bertz CT molecular complexity index is 1480. The number of nitriles is 1. The number of hydrogen-bond donors (Lipinski definition) is 2. The van der Waals surface area contributed by atoms with E-state index in [9.17, 15) is 19.7 Å². The van der Waals surface area contributed by atoms with E-state index in [0.29, 0.717) is 5.69 Å². The second-order valence-corrected chi connectivity index (χ2v) is 11.4. The van der Waals surface area contributed by atoms with Crippen LogP contribution in [0.5, 0.6) is 5.75 Å². The number of aliphatic imine (C=N–C) groups is 1. The van der Waals surface area contributed by atoms with Gasteiger partial charge in [0.2, 0.25) is 0 Å². The number of ether oxygens (including phenoxy) is 2. The zero-order valence-corrected chi connectivity index (χ0v) is 23.2. The number of aromatic nitrogens is 4. The van der Waals surface area contributed by atoms with E-state index < -0.39 is 49.9 Å². The van der Waals surface area contributed by atoms with Crippen LogP contribution in [0.1, 0.15) is 39.5 Å². The summed E-state index contributed by atoms with van der Waals surface area (Å²) in [5.74, 6) is 0.671. The molecule has 1 saturated heterocycles. The average molecular weight is 572 g/mol. The number of esters is 1. The van der Waals surface area contributed by atoms with E-state index in [1.807, 2.05) is 0 Å². The maximum absolute atomic E-state index is 13.8. The molecular formula is C25H30N7O7P. The number of benzene rings is 1. The molecule has 1 aliphatic rings. The highest BCUT2D eigenvalue weighted by Crippen LogP contribution is 2.51. The third-order valence-electron chi connectivity index (χ3n) is 6.21. The van der Waals surface area contributed by atoms with Crippen molar-refractivity contribution in [2.75, 3.05) is 12.3 Å². The largest absolute Gasteiger partial charge is 0.461 e. The molecule has 3 N–H and O–H groups in total. The molecule has 4 rings (SSSR count). The second-order valence-electron chi connectivity index (χ2n) is 9.62. The summed E-state index contributed by atoms with van der Waals surface area (Å²) in [7, 11) is -4.15. The van der Waals surface area contributed by atoms with Gasteiger partial charge < -0.3 is 24.8 Å². The molecule has 1 aliphatic heterocycles. The molecule has 0 aliphatic carbocycles. The van der Waals surface area contributed by atoms with Gasteiger partial charge in [-0.2, -0.15) is 10.4 Å². The molecule has 14 nitrogen and oxygen atoms in total. The fourth-order valence-electron chi connectivity index (χ4n) is 4.06. The lowest BCUT2D eigenvalue weighted by Crippen LogP contribution is -2.36. The van der Waals surface area contributed by atoms with Crippen LogP contribution in [0.3, 0.4) is 0 Å². The summed E-state index contributed by atoms with van der Waals surface area (Å²) < 4.78 is 37.7. The Balaban J connectivity index is 1.57. The second kappa shape index (κ2) is 11.7. The Labute approximate surface area is 230 Å². The molecule has 3 aromatic rings. The van der Waals surface area contributed by atoms with Crippen molar-refractivity contribution in [3.63, 3.8) is 0 Å². The van der Waals surface area contributed by atoms with Gasteiger partial charge in [0, 0.05) is 0 Å². The molecule has 0 bridgehead atoms. The van der Waals surface area contributed by atoms with E-state index in [1.54, 1.807) is 44.2 Å². The molecule has 3 heterocycles. The number of rotatable bonds is 10. The number of aliphatic hydroxyl groups is 1. The molecule has 212 valence electrons. The third kappa shape index (κ3) is 5.97. The Hall–Kier alpha value is -3.89. The summed E-state index contributed by atoms with van der Waals surface area (Å²) in [6, 6.07) is 9.39. The van der Waals surface area contributed by atoms with Crippen LogP contribution in [0.2, 0.25) is 0 Å². The van der Waals surface area contributed by atoms with Gasteiger partial charge in [-0.3, -0.25) is 9.52 Å². The number of nitrogen functional groups attached to an aromatic ring is 1. The van der Waals surface area contributed by atoms with Crippen LogP contribution in [0.15, 0.2) is 47.8 Å². The Morgan fingerprint density at radius 2 is 2.08 bits per heavy atom. The number of imidazole rings is 1. The summed E-state index contributed by atoms with van der Waals surface area (Å²) in [6.45, 7) is 5.96. The molecule has 0 amide bonds. The molecule has 0 saturated carbocycles. The molecular weight excluding hydrogens is 541 g/mol. The molecule has 0 radical (unpaired) electrons. The van der Waals surface area contributed by atoms with Crippen molar-refractivity contribution in [1.29, 1.82) is 5.26 Å². The fourth-order valence-corrected chi connectivity index (χ4v) is 5.36. The summed E-state index contributed by atoms with van der Waals surface area (Å²) in [5, 5.41) is 25.3. The minimum Gasteiger partial charge on any atom is -0.461 e. The highest BCUT2D eigenvalue weighted by Gasteiger charge is 2.56. The Kier molecular flexibility index (Phi) is 8.51. The van der Waals surface area contributed by atoms with Crippen molar-refractivity contribution in [2.45, 2.75) is 58.2 Å². The van der Waals surface area contributed by atoms with Gasteiger partial charge in [0.05, 0.1) is 30.7 Å². The van der Waals surface area contributed by atoms with E-state index in [0.717, 1.165) is 5.96 Å². The fraction of sp³-hybridized carbons (Fsp3) is 0.440. The molecule has 1 aromatic carbocycles. The normalized spacial score (nSPS) is 25.1. The number of para-hydroxylation sites is 1. The number of carbonyl (C=O) groups excluding carboxylic acids is 1. The van der Waals surface area contributed by atoms with Crippen LogP contribution in [-0.4, -0.2) is 67.6 Å². The van der Waals surface area contributed by atoms with Crippen LogP contribution in [0.4, 0.5) is 5.82 Å². The number of carbonyl (C=O) groups is 1. The molecule has 15 heteroatoms. The third-order valence-corrected chi connectivity index (χ3v) is 7.60. The quantitative estimate of drug-likeness (QED) is 0.205. The zero-order valence-electron chi connectivity index (χ0n) is 22.3. The number of anilines is 1. The predicted octanol–water partition coefficient (Wildman–Crippen LogP) is 2.69. The first-order valence-corrected chi connectivity index (χ1v) is 14.0. The minimum atomic E-state index is -4.15. The minimum absolute atomic E-state index is 0.128. The van der Waals surface area contributed by atoms with Crippen LogP contribution < -0.4 is 10.3 Å². The maximum Gasteiger partial charge on any atom is 0.421 e. The van der Waals surface area contributed by atoms with Gasteiger partial charge in [-0.05, 0) is 39.8 Å². The van der Waals surface area contributed by atoms with Crippen molar-refractivity contribution >= 4 is 31.0 Å². The van der Waals surface area contributed by atoms with Crippen molar-refractivity contribution in [2.24, 2.45) is 10.4 Å². The van der Waals surface area contributed by atoms with Crippen molar-refractivity contribution < 1.29 is 33.0 Å². The van der Waals surface area contributed by atoms with E-state index in [1.165, 1.54) is 30.9 Å². The van der Waals surface area contributed by atoms with Crippen LogP contribution in [0, 0.1) is 16.7 Å². The van der Waals surface area contributed by atoms with Gasteiger partial charge in [-0.25, -0.2) is 23.8 Å². The number of fused-ring (bicyclic) bond motifs is 1. The van der Waals surface area contributed by atoms with E-state index in [-0.39, 0.29) is 23.3 Å². The first-order chi connectivity index (χ1) is 19.0. The predicted molar refractivity (Wildman–Crippen MR) is 142 cm³/mol. The van der Waals surface area contributed by atoms with Crippen molar-refractivity contribution in [1.82, 2.24) is 19.6 Å². The average Bonchev–Trinajstić information content (AvgIpc) is 3.46. The summed E-state index contributed by atoms with van der Waals surface area (Å²) >= 11 is 0. The molecule has 2 aromatic heterocycles. The topological polar surface area (TPSA) is 197 Å². The van der Waals surface area contributed by atoms with Crippen LogP contribution in [0.25, 0.3) is 5.65 Å². The molecule has 1 fully saturated rings. The first kappa shape index (κ1) is 29.1. The zero-order chi connectivity index (χ0) is 29.1. The maximum atomic E-state index is 13.8. The lowest BCUT2D eigenvalue weighted by molar-refractivity contribution is -0.148. The standard InChI is InChI=1S/C25H30N7O7P/c1-15(2)37-24(34)16(3)30-14-40(35,39-17-8-6-5-7-9-17)36-11-19-20(33)25(4,12-26)21(38-19)18-10-28-23-22(27)29-13-31-32(18)23/h5-10,13-16,19-21,33H,11H2,1-4H3,(H2,27,29,31)/b30-14+/t16-,19+,20+,21-,25+,40-/m0/s1. The molecule has 0 spiro atoms. The van der Waals surface area contributed by atoms with Gasteiger partial charge in [-0.1, -0.05) is 18.2 Å². The molecule has 6 atom stereocenters.